The van der Waals surface area contributed by atoms with Crippen LogP contribution in [0, 0.1) is 5.82 Å². The van der Waals surface area contributed by atoms with E-state index < -0.39 is 34.8 Å². The van der Waals surface area contributed by atoms with E-state index >= 15 is 0 Å². The molecule has 0 heterocycles. The van der Waals surface area contributed by atoms with Crippen molar-refractivity contribution in [1.29, 1.82) is 0 Å². The Bertz CT molecular complexity index is 528. The average Bonchev–Trinajstić information content (AvgIpc) is 2.33. The van der Waals surface area contributed by atoms with Gasteiger partial charge in [0, 0.05) is 0 Å². The molecular formula is C11H7Cl2FO4. The molecule has 0 spiro atoms. The zero-order valence-corrected chi connectivity index (χ0v) is 10.6. The number of hydrogen-bond acceptors (Lipinski definition) is 4. The van der Waals surface area contributed by atoms with Crippen molar-refractivity contribution in [1.82, 2.24) is 0 Å². The van der Waals surface area contributed by atoms with Crippen molar-refractivity contribution in [3.63, 3.8) is 0 Å². The molecule has 0 aliphatic rings. The van der Waals surface area contributed by atoms with Gasteiger partial charge in [-0.25, -0.2) is 9.18 Å². The molecule has 1 aromatic rings. The zero-order chi connectivity index (χ0) is 13.9. The Morgan fingerprint density at radius 1 is 1.28 bits per heavy atom. The summed E-state index contributed by atoms with van der Waals surface area (Å²) in [5.74, 6) is -3.90. The number of esters is 1. The fraction of sp³-hybridized carbons (Fsp3) is 0.182. The third-order valence-electron chi connectivity index (χ3n) is 2.06. The zero-order valence-electron chi connectivity index (χ0n) is 9.13. The number of rotatable bonds is 4. The number of ketones is 2. The molecule has 1 rings (SSSR count). The molecule has 0 aliphatic carbocycles. The van der Waals surface area contributed by atoms with E-state index in [1.165, 1.54) is 0 Å². The van der Waals surface area contributed by atoms with Crippen molar-refractivity contribution in [2.45, 2.75) is 6.42 Å². The maximum absolute atomic E-state index is 13.2. The van der Waals surface area contributed by atoms with Gasteiger partial charge in [0.1, 0.15) is 5.82 Å². The summed E-state index contributed by atoms with van der Waals surface area (Å²) < 4.78 is 17.3. The molecule has 0 fully saturated rings. The van der Waals surface area contributed by atoms with Crippen LogP contribution in [0.5, 0.6) is 0 Å². The predicted molar refractivity (Wildman–Crippen MR) is 62.4 cm³/mol. The third kappa shape index (κ3) is 3.05. The summed E-state index contributed by atoms with van der Waals surface area (Å²) >= 11 is 11.3. The first-order valence-corrected chi connectivity index (χ1v) is 5.42. The number of methoxy groups -OCH3 is 1. The summed E-state index contributed by atoms with van der Waals surface area (Å²) in [5, 5.41) is -0.575. The van der Waals surface area contributed by atoms with Gasteiger partial charge in [-0.15, -0.1) is 0 Å². The SMILES string of the molecule is COC(=O)C(=O)CC(=O)c1c(Cl)ccc(F)c1Cl. The van der Waals surface area contributed by atoms with E-state index in [0.717, 1.165) is 19.2 Å². The highest BCUT2D eigenvalue weighted by Crippen LogP contribution is 2.28. The molecule has 0 saturated carbocycles. The van der Waals surface area contributed by atoms with Gasteiger partial charge < -0.3 is 4.74 Å². The number of carbonyl (C=O) groups excluding carboxylic acids is 3. The second-order valence-electron chi connectivity index (χ2n) is 3.23. The van der Waals surface area contributed by atoms with E-state index in [2.05, 4.69) is 4.74 Å². The molecule has 18 heavy (non-hydrogen) atoms. The van der Waals surface area contributed by atoms with Crippen molar-refractivity contribution in [2.24, 2.45) is 0 Å². The van der Waals surface area contributed by atoms with Crippen LogP contribution < -0.4 is 0 Å². The van der Waals surface area contributed by atoms with Gasteiger partial charge in [0.2, 0.25) is 5.78 Å². The second kappa shape index (κ2) is 5.93. The Balaban J connectivity index is 3.02. The van der Waals surface area contributed by atoms with Gasteiger partial charge in [0.15, 0.2) is 5.78 Å². The van der Waals surface area contributed by atoms with E-state index in [4.69, 9.17) is 23.2 Å². The smallest absolute Gasteiger partial charge is 0.374 e. The highest BCUT2D eigenvalue weighted by atomic mass is 35.5. The molecule has 4 nitrogen and oxygen atoms in total. The van der Waals surface area contributed by atoms with Crippen LogP contribution in [0.1, 0.15) is 16.8 Å². The van der Waals surface area contributed by atoms with Crippen LogP contribution in [0.15, 0.2) is 12.1 Å². The van der Waals surface area contributed by atoms with Crippen LogP contribution in [0.3, 0.4) is 0 Å². The second-order valence-corrected chi connectivity index (χ2v) is 4.02. The lowest BCUT2D eigenvalue weighted by Crippen LogP contribution is -2.19. The van der Waals surface area contributed by atoms with E-state index in [1.54, 1.807) is 0 Å². The summed E-state index contributed by atoms with van der Waals surface area (Å²) in [5.41, 5.74) is -0.324. The molecule has 7 heteroatoms. The number of hydrogen-bond donors (Lipinski definition) is 0. The molecule has 1 aromatic carbocycles. The van der Waals surface area contributed by atoms with Gasteiger partial charge in [-0.05, 0) is 12.1 Å². The van der Waals surface area contributed by atoms with Crippen molar-refractivity contribution in [3.8, 4) is 0 Å². The van der Waals surface area contributed by atoms with Gasteiger partial charge >= 0.3 is 5.97 Å². The van der Waals surface area contributed by atoms with Crippen molar-refractivity contribution >= 4 is 40.7 Å². The molecule has 0 N–H and O–H groups in total. The predicted octanol–water partition coefficient (Wildman–Crippen LogP) is 2.45. The van der Waals surface area contributed by atoms with Crippen LogP contribution in [0.4, 0.5) is 4.39 Å². The minimum atomic E-state index is -1.16. The topological polar surface area (TPSA) is 60.4 Å². The molecule has 0 aromatic heterocycles. The Kier molecular flexibility index (Phi) is 4.81. The largest absolute Gasteiger partial charge is 0.463 e. The normalized spacial score (nSPS) is 10.0. The van der Waals surface area contributed by atoms with Crippen LogP contribution in [-0.2, 0) is 14.3 Å². The number of Topliss-reactive ketones (excluding diaryl/α,β-unsaturated/α-hetero) is 2. The lowest BCUT2D eigenvalue weighted by atomic mass is 10.1. The maximum Gasteiger partial charge on any atom is 0.374 e. The first-order valence-electron chi connectivity index (χ1n) is 4.66. The van der Waals surface area contributed by atoms with E-state index in [1.807, 2.05) is 0 Å². The molecule has 0 amide bonds. The molecule has 0 radical (unpaired) electrons. The standard InChI is InChI=1S/C11H7Cl2FO4/c1-18-11(17)8(16)4-7(15)9-5(12)2-3-6(14)10(9)13/h2-3H,4H2,1H3. The highest BCUT2D eigenvalue weighted by molar-refractivity contribution is 6.43. The molecule has 0 aliphatic heterocycles. The summed E-state index contributed by atoms with van der Waals surface area (Å²) in [6, 6.07) is 2.13. The van der Waals surface area contributed by atoms with E-state index in [9.17, 15) is 18.8 Å². The van der Waals surface area contributed by atoms with Gasteiger partial charge in [0.05, 0.1) is 29.1 Å². The molecule has 96 valence electrons. The summed E-state index contributed by atoms with van der Waals surface area (Å²) in [6.45, 7) is 0. The summed E-state index contributed by atoms with van der Waals surface area (Å²) in [6.07, 6.45) is -0.782. The number of ether oxygens (including phenoxy) is 1. The number of benzene rings is 1. The fourth-order valence-electron chi connectivity index (χ4n) is 1.20. The lowest BCUT2D eigenvalue weighted by Gasteiger charge is -2.05. The molecule has 0 unspecified atom stereocenters. The van der Waals surface area contributed by atoms with Crippen LogP contribution >= 0.6 is 23.2 Å². The minimum Gasteiger partial charge on any atom is -0.463 e. The van der Waals surface area contributed by atoms with Crippen LogP contribution in [-0.4, -0.2) is 24.6 Å². The first kappa shape index (κ1) is 14.6. The summed E-state index contributed by atoms with van der Waals surface area (Å²) in [4.78, 5) is 33.7. The number of halogens is 3. The van der Waals surface area contributed by atoms with Gasteiger partial charge in [-0.1, -0.05) is 23.2 Å². The van der Waals surface area contributed by atoms with Crippen LogP contribution in [0.25, 0.3) is 0 Å². The monoisotopic (exact) mass is 292 g/mol. The lowest BCUT2D eigenvalue weighted by molar-refractivity contribution is -0.151. The van der Waals surface area contributed by atoms with Gasteiger partial charge in [0.25, 0.3) is 0 Å². The quantitative estimate of drug-likeness (QED) is 0.281. The fourth-order valence-corrected chi connectivity index (χ4v) is 1.78. The first-order chi connectivity index (χ1) is 8.38. The van der Waals surface area contributed by atoms with Crippen LogP contribution in [0.2, 0.25) is 10.0 Å². The minimum absolute atomic E-state index is 0.0935. The maximum atomic E-state index is 13.2. The van der Waals surface area contributed by atoms with Crippen molar-refractivity contribution in [2.75, 3.05) is 7.11 Å². The number of carbonyl (C=O) groups is 3. The molecule has 0 atom stereocenters. The Morgan fingerprint density at radius 2 is 1.89 bits per heavy atom. The third-order valence-corrected chi connectivity index (χ3v) is 2.74. The highest BCUT2D eigenvalue weighted by Gasteiger charge is 2.24. The van der Waals surface area contributed by atoms with Gasteiger partial charge in [-0.2, -0.15) is 0 Å². The summed E-state index contributed by atoms with van der Waals surface area (Å²) in [7, 11) is 1.01. The molecule has 0 saturated heterocycles. The molecular weight excluding hydrogens is 286 g/mol. The van der Waals surface area contributed by atoms with Gasteiger partial charge in [-0.3, -0.25) is 9.59 Å². The van der Waals surface area contributed by atoms with Crippen molar-refractivity contribution < 1.29 is 23.5 Å². The average molecular weight is 293 g/mol. The Hall–Kier alpha value is -1.46. The van der Waals surface area contributed by atoms with Crippen molar-refractivity contribution in [3.05, 3.63) is 33.6 Å². The Labute approximate surface area is 112 Å². The van der Waals surface area contributed by atoms with E-state index in [-0.39, 0.29) is 10.6 Å². The molecule has 0 bridgehead atoms. The Morgan fingerprint density at radius 3 is 2.44 bits per heavy atom. The van der Waals surface area contributed by atoms with E-state index in [0.29, 0.717) is 0 Å².